The van der Waals surface area contributed by atoms with Gasteiger partial charge in [-0.05, 0) is 50.4 Å². The third-order valence-corrected chi connectivity index (χ3v) is 2.89. The van der Waals surface area contributed by atoms with Crippen LogP contribution in [-0.2, 0) is 0 Å². The molecule has 1 N–H and O–H groups in total. The standard InChI is InChI=1S/C15H20FN/c1-4-5-6-7-10-17-13(3)14-9-8-12(2)15(16)11-14/h1,8-9,11,13,17H,5-7,10H2,2-3H3. The number of hydrogen-bond acceptors (Lipinski definition) is 1. The molecule has 0 saturated carbocycles. The van der Waals surface area contributed by atoms with Gasteiger partial charge in [0, 0.05) is 12.5 Å². The van der Waals surface area contributed by atoms with Crippen molar-refractivity contribution >= 4 is 0 Å². The molecule has 0 bridgehead atoms. The molecule has 1 nitrogen and oxygen atoms in total. The summed E-state index contributed by atoms with van der Waals surface area (Å²) in [6.45, 7) is 4.74. The molecule has 1 atom stereocenters. The molecule has 0 aliphatic carbocycles. The lowest BCUT2D eigenvalue weighted by Gasteiger charge is -2.14. The van der Waals surface area contributed by atoms with Gasteiger partial charge in [0.05, 0.1) is 0 Å². The smallest absolute Gasteiger partial charge is 0.126 e. The lowest BCUT2D eigenvalue weighted by molar-refractivity contribution is 0.543. The summed E-state index contributed by atoms with van der Waals surface area (Å²) in [5, 5.41) is 3.37. The zero-order valence-corrected chi connectivity index (χ0v) is 10.6. The van der Waals surface area contributed by atoms with E-state index in [1.165, 1.54) is 0 Å². The molecule has 0 saturated heterocycles. The van der Waals surface area contributed by atoms with E-state index in [-0.39, 0.29) is 11.9 Å². The first-order chi connectivity index (χ1) is 8.15. The normalized spacial score (nSPS) is 12.1. The summed E-state index contributed by atoms with van der Waals surface area (Å²) in [4.78, 5) is 0. The summed E-state index contributed by atoms with van der Waals surface area (Å²) in [6, 6.07) is 5.57. The van der Waals surface area contributed by atoms with Crippen molar-refractivity contribution in [2.24, 2.45) is 0 Å². The van der Waals surface area contributed by atoms with Gasteiger partial charge in [0.15, 0.2) is 0 Å². The highest BCUT2D eigenvalue weighted by molar-refractivity contribution is 5.25. The molecule has 92 valence electrons. The molecule has 1 aromatic carbocycles. The van der Waals surface area contributed by atoms with Crippen molar-refractivity contribution in [2.75, 3.05) is 6.54 Å². The number of halogens is 1. The van der Waals surface area contributed by atoms with E-state index in [4.69, 9.17) is 6.42 Å². The summed E-state index contributed by atoms with van der Waals surface area (Å²) in [5.41, 5.74) is 1.68. The summed E-state index contributed by atoms with van der Waals surface area (Å²) >= 11 is 0. The second kappa shape index (κ2) is 7.09. The Morgan fingerprint density at radius 3 is 2.82 bits per heavy atom. The maximum Gasteiger partial charge on any atom is 0.126 e. The zero-order chi connectivity index (χ0) is 12.7. The number of hydrogen-bond donors (Lipinski definition) is 1. The molecule has 1 rings (SSSR count). The van der Waals surface area contributed by atoms with E-state index in [1.54, 1.807) is 13.0 Å². The monoisotopic (exact) mass is 233 g/mol. The minimum Gasteiger partial charge on any atom is -0.310 e. The fourth-order valence-electron chi connectivity index (χ4n) is 1.67. The summed E-state index contributed by atoms with van der Waals surface area (Å²) in [6.07, 6.45) is 8.11. The van der Waals surface area contributed by atoms with Crippen LogP contribution < -0.4 is 5.32 Å². The highest BCUT2D eigenvalue weighted by atomic mass is 19.1. The van der Waals surface area contributed by atoms with Gasteiger partial charge in [-0.3, -0.25) is 0 Å². The molecular weight excluding hydrogens is 213 g/mol. The van der Waals surface area contributed by atoms with Crippen molar-refractivity contribution in [3.63, 3.8) is 0 Å². The van der Waals surface area contributed by atoms with Crippen molar-refractivity contribution in [3.8, 4) is 12.3 Å². The Bertz CT molecular complexity index is 392. The summed E-state index contributed by atoms with van der Waals surface area (Å²) in [7, 11) is 0. The first-order valence-electron chi connectivity index (χ1n) is 6.08. The number of rotatable bonds is 6. The van der Waals surface area contributed by atoms with Crippen LogP contribution in [0.2, 0.25) is 0 Å². The Morgan fingerprint density at radius 1 is 1.41 bits per heavy atom. The fraction of sp³-hybridized carbons (Fsp3) is 0.467. The Morgan fingerprint density at radius 2 is 2.18 bits per heavy atom. The molecule has 1 unspecified atom stereocenters. The van der Waals surface area contributed by atoms with E-state index < -0.39 is 0 Å². The Labute approximate surface area is 103 Å². The van der Waals surface area contributed by atoms with Crippen LogP contribution >= 0.6 is 0 Å². The van der Waals surface area contributed by atoms with Gasteiger partial charge in [-0.15, -0.1) is 12.3 Å². The van der Waals surface area contributed by atoms with Crippen LogP contribution in [0.1, 0.15) is 43.4 Å². The SMILES string of the molecule is C#CCCCCNC(C)c1ccc(C)c(F)c1. The molecule has 1 aromatic rings. The van der Waals surface area contributed by atoms with E-state index in [9.17, 15) is 4.39 Å². The molecule has 0 aromatic heterocycles. The average molecular weight is 233 g/mol. The van der Waals surface area contributed by atoms with Crippen molar-refractivity contribution in [3.05, 3.63) is 35.1 Å². The minimum absolute atomic E-state index is 0.136. The average Bonchev–Trinajstić information content (AvgIpc) is 2.32. The van der Waals surface area contributed by atoms with Gasteiger partial charge in [-0.25, -0.2) is 4.39 Å². The fourth-order valence-corrected chi connectivity index (χ4v) is 1.67. The maximum atomic E-state index is 13.4. The second-order valence-corrected chi connectivity index (χ2v) is 4.35. The number of aryl methyl sites for hydroxylation is 1. The van der Waals surface area contributed by atoms with Crippen molar-refractivity contribution in [2.45, 2.75) is 39.2 Å². The molecule has 0 radical (unpaired) electrons. The Balaban J connectivity index is 2.39. The molecule has 0 fully saturated rings. The molecule has 2 heteroatoms. The highest BCUT2D eigenvalue weighted by Gasteiger charge is 2.06. The topological polar surface area (TPSA) is 12.0 Å². The molecule has 0 heterocycles. The molecule has 0 amide bonds. The van der Waals surface area contributed by atoms with Gasteiger partial charge in [0.2, 0.25) is 0 Å². The van der Waals surface area contributed by atoms with Crippen LogP contribution in [-0.4, -0.2) is 6.54 Å². The third-order valence-electron chi connectivity index (χ3n) is 2.89. The van der Waals surface area contributed by atoms with Gasteiger partial charge in [0.1, 0.15) is 5.82 Å². The van der Waals surface area contributed by atoms with Gasteiger partial charge >= 0.3 is 0 Å². The van der Waals surface area contributed by atoms with Crippen LogP contribution in [0, 0.1) is 25.1 Å². The highest BCUT2D eigenvalue weighted by Crippen LogP contribution is 2.16. The van der Waals surface area contributed by atoms with E-state index in [0.29, 0.717) is 5.56 Å². The largest absolute Gasteiger partial charge is 0.310 e. The lowest BCUT2D eigenvalue weighted by Crippen LogP contribution is -2.20. The molecule has 0 aliphatic rings. The quantitative estimate of drug-likeness (QED) is 0.585. The molecular formula is C15H20FN. The first-order valence-corrected chi connectivity index (χ1v) is 6.08. The van der Waals surface area contributed by atoms with Crippen molar-refractivity contribution in [1.82, 2.24) is 5.32 Å². The minimum atomic E-state index is -0.136. The lowest BCUT2D eigenvalue weighted by atomic mass is 10.1. The van der Waals surface area contributed by atoms with Crippen LogP contribution in [0.3, 0.4) is 0 Å². The van der Waals surface area contributed by atoms with E-state index in [2.05, 4.69) is 11.2 Å². The number of benzene rings is 1. The van der Waals surface area contributed by atoms with Crippen molar-refractivity contribution < 1.29 is 4.39 Å². The Kier molecular flexibility index (Phi) is 5.72. The van der Waals surface area contributed by atoms with Crippen molar-refractivity contribution in [1.29, 1.82) is 0 Å². The summed E-state index contributed by atoms with van der Waals surface area (Å²) in [5.74, 6) is 2.49. The van der Waals surface area contributed by atoms with Crippen LogP contribution in [0.5, 0.6) is 0 Å². The number of nitrogens with one attached hydrogen (secondary N) is 1. The number of terminal acetylenes is 1. The first kappa shape index (κ1) is 13.7. The van der Waals surface area contributed by atoms with Gasteiger partial charge in [-0.1, -0.05) is 12.1 Å². The third kappa shape index (κ3) is 4.58. The molecule has 17 heavy (non-hydrogen) atoms. The number of unbranched alkanes of at least 4 members (excludes halogenated alkanes) is 2. The van der Waals surface area contributed by atoms with E-state index >= 15 is 0 Å². The second-order valence-electron chi connectivity index (χ2n) is 4.35. The van der Waals surface area contributed by atoms with Crippen LogP contribution in [0.25, 0.3) is 0 Å². The van der Waals surface area contributed by atoms with E-state index in [0.717, 1.165) is 31.4 Å². The Hall–Kier alpha value is -1.33. The zero-order valence-electron chi connectivity index (χ0n) is 10.6. The summed E-state index contributed by atoms with van der Waals surface area (Å²) < 4.78 is 13.4. The van der Waals surface area contributed by atoms with Gasteiger partial charge < -0.3 is 5.32 Å². The molecule has 0 aliphatic heterocycles. The predicted octanol–water partition coefficient (Wildman–Crippen LogP) is 3.59. The van der Waals surface area contributed by atoms with Crippen LogP contribution in [0.15, 0.2) is 18.2 Å². The predicted molar refractivity (Wildman–Crippen MR) is 70.2 cm³/mol. The van der Waals surface area contributed by atoms with Gasteiger partial charge in [-0.2, -0.15) is 0 Å². The van der Waals surface area contributed by atoms with Gasteiger partial charge in [0.25, 0.3) is 0 Å². The van der Waals surface area contributed by atoms with E-state index in [1.807, 2.05) is 19.1 Å². The maximum absolute atomic E-state index is 13.4. The van der Waals surface area contributed by atoms with Crippen LogP contribution in [0.4, 0.5) is 4.39 Å². The molecule has 0 spiro atoms.